The van der Waals surface area contributed by atoms with Crippen LogP contribution in [-0.4, -0.2) is 17.3 Å². The average Bonchev–Trinajstić information content (AvgIpc) is 1.99. The van der Waals surface area contributed by atoms with Gasteiger partial charge in [-0.05, 0) is 18.2 Å². The minimum atomic E-state index is -5.08. The Morgan fingerprint density at radius 3 is 1.69 bits per heavy atom. The third kappa shape index (κ3) is 6.36. The summed E-state index contributed by atoms with van der Waals surface area (Å²) in [5.74, 6) is -2.76. The Morgan fingerprint density at radius 2 is 1.50 bits per heavy atom. The first-order valence-electron chi connectivity index (χ1n) is 3.64. The highest BCUT2D eigenvalue weighted by atomic mass is 35.5. The van der Waals surface area contributed by atoms with Gasteiger partial charge in [0.1, 0.15) is 0 Å². The van der Waals surface area contributed by atoms with Gasteiger partial charge in [-0.2, -0.15) is 13.2 Å². The van der Waals surface area contributed by atoms with Gasteiger partial charge in [0, 0.05) is 15.7 Å². The van der Waals surface area contributed by atoms with Crippen LogP contribution in [0.1, 0.15) is 0 Å². The summed E-state index contributed by atoms with van der Waals surface area (Å²) in [6.07, 6.45) is -5.08. The number of hydrogen-bond acceptors (Lipinski definition) is 2. The average molecular weight is 276 g/mol. The summed E-state index contributed by atoms with van der Waals surface area (Å²) >= 11 is 11.2. The topological polar surface area (TPSA) is 63.3 Å². The van der Waals surface area contributed by atoms with Crippen LogP contribution in [0.3, 0.4) is 0 Å². The van der Waals surface area contributed by atoms with Gasteiger partial charge in [-0.25, -0.2) is 4.79 Å². The molecule has 0 heterocycles. The minimum Gasteiger partial charge on any atom is -0.475 e. The smallest absolute Gasteiger partial charge is 0.475 e. The third-order valence-electron chi connectivity index (χ3n) is 1.13. The molecule has 3 N–H and O–H groups in total. The standard InChI is InChI=1S/C6H5Cl2N.C2HF3O2/c7-4-1-5(8)3-6(9)2-4;3-2(4,5)1(6)7/h1-3H,9H2;(H,6,7). The van der Waals surface area contributed by atoms with Crippen molar-refractivity contribution < 1.29 is 23.1 Å². The van der Waals surface area contributed by atoms with Gasteiger partial charge >= 0.3 is 12.1 Å². The van der Waals surface area contributed by atoms with E-state index in [0.29, 0.717) is 15.7 Å². The second kappa shape index (κ2) is 5.81. The molecule has 0 fully saturated rings. The van der Waals surface area contributed by atoms with E-state index in [9.17, 15) is 13.2 Å². The zero-order chi connectivity index (χ0) is 12.9. The molecule has 0 saturated heterocycles. The highest BCUT2D eigenvalue weighted by Gasteiger charge is 2.38. The summed E-state index contributed by atoms with van der Waals surface area (Å²) in [5.41, 5.74) is 5.98. The highest BCUT2D eigenvalue weighted by Crippen LogP contribution is 2.19. The van der Waals surface area contributed by atoms with E-state index in [1.807, 2.05) is 0 Å². The van der Waals surface area contributed by atoms with Crippen molar-refractivity contribution in [3.05, 3.63) is 28.2 Å². The van der Waals surface area contributed by atoms with Gasteiger partial charge in [0.2, 0.25) is 0 Å². The highest BCUT2D eigenvalue weighted by molar-refractivity contribution is 6.35. The van der Waals surface area contributed by atoms with Crippen molar-refractivity contribution in [1.29, 1.82) is 0 Å². The fourth-order valence-corrected chi connectivity index (χ4v) is 1.12. The maximum Gasteiger partial charge on any atom is 0.490 e. The Labute approximate surface area is 98.6 Å². The van der Waals surface area contributed by atoms with Crippen LogP contribution in [0.15, 0.2) is 18.2 Å². The van der Waals surface area contributed by atoms with Crippen molar-refractivity contribution in [2.45, 2.75) is 6.18 Å². The monoisotopic (exact) mass is 275 g/mol. The lowest BCUT2D eigenvalue weighted by molar-refractivity contribution is -0.192. The molecule has 90 valence electrons. The molecule has 0 amide bonds. The molecule has 1 aromatic carbocycles. The summed E-state index contributed by atoms with van der Waals surface area (Å²) in [4.78, 5) is 8.90. The van der Waals surface area contributed by atoms with Gasteiger partial charge in [0.25, 0.3) is 0 Å². The van der Waals surface area contributed by atoms with Crippen LogP contribution in [-0.2, 0) is 4.79 Å². The molecule has 0 atom stereocenters. The lowest BCUT2D eigenvalue weighted by Crippen LogP contribution is -2.21. The number of nitrogens with two attached hydrogens (primary N) is 1. The van der Waals surface area contributed by atoms with Gasteiger partial charge in [0.15, 0.2) is 0 Å². The Hall–Kier alpha value is -1.14. The normalized spacial score (nSPS) is 10.3. The van der Waals surface area contributed by atoms with Crippen molar-refractivity contribution in [1.82, 2.24) is 0 Å². The molecule has 0 radical (unpaired) electrons. The number of benzene rings is 1. The number of carbonyl (C=O) groups is 1. The molecule has 1 aromatic rings. The molecule has 0 aliphatic heterocycles. The first-order chi connectivity index (χ1) is 7.12. The first-order valence-corrected chi connectivity index (χ1v) is 4.40. The zero-order valence-electron chi connectivity index (χ0n) is 7.55. The Balaban J connectivity index is 0.000000293. The molecule has 0 aliphatic rings. The Kier molecular flexibility index (Phi) is 5.40. The fraction of sp³-hybridized carbons (Fsp3) is 0.125. The molecule has 0 saturated carbocycles. The number of hydrogen-bond donors (Lipinski definition) is 2. The van der Waals surface area contributed by atoms with Gasteiger partial charge in [-0.3, -0.25) is 0 Å². The van der Waals surface area contributed by atoms with Crippen molar-refractivity contribution in [3.63, 3.8) is 0 Å². The van der Waals surface area contributed by atoms with Crippen LogP contribution in [0.4, 0.5) is 18.9 Å². The lowest BCUT2D eigenvalue weighted by atomic mass is 10.3. The number of anilines is 1. The van der Waals surface area contributed by atoms with E-state index in [4.69, 9.17) is 38.8 Å². The van der Waals surface area contributed by atoms with E-state index in [-0.39, 0.29) is 0 Å². The van der Waals surface area contributed by atoms with Crippen LogP contribution in [0.25, 0.3) is 0 Å². The van der Waals surface area contributed by atoms with Crippen LogP contribution in [0.2, 0.25) is 10.0 Å². The van der Waals surface area contributed by atoms with Crippen LogP contribution < -0.4 is 5.73 Å². The number of aliphatic carboxylic acids is 1. The summed E-state index contributed by atoms with van der Waals surface area (Å²) in [7, 11) is 0. The summed E-state index contributed by atoms with van der Waals surface area (Å²) in [6.45, 7) is 0. The van der Waals surface area contributed by atoms with E-state index in [1.54, 1.807) is 18.2 Å². The van der Waals surface area contributed by atoms with E-state index in [0.717, 1.165) is 0 Å². The third-order valence-corrected chi connectivity index (χ3v) is 1.56. The maximum absolute atomic E-state index is 10.6. The minimum absolute atomic E-state index is 0.569. The fourth-order valence-electron chi connectivity index (χ4n) is 0.575. The van der Waals surface area contributed by atoms with Crippen LogP contribution in [0.5, 0.6) is 0 Å². The number of halogens is 5. The first kappa shape index (κ1) is 14.9. The maximum atomic E-state index is 10.6. The summed E-state index contributed by atoms with van der Waals surface area (Å²) in [6, 6.07) is 4.93. The van der Waals surface area contributed by atoms with E-state index >= 15 is 0 Å². The molecule has 16 heavy (non-hydrogen) atoms. The van der Waals surface area contributed by atoms with E-state index in [1.165, 1.54) is 0 Å². The zero-order valence-corrected chi connectivity index (χ0v) is 9.07. The number of alkyl halides is 3. The molecule has 3 nitrogen and oxygen atoms in total. The molecule has 0 spiro atoms. The van der Waals surface area contributed by atoms with Gasteiger partial charge in [-0.15, -0.1) is 0 Å². The number of carboxylic acid groups (broad SMARTS) is 1. The van der Waals surface area contributed by atoms with Crippen molar-refractivity contribution >= 4 is 34.9 Å². The molecule has 8 heteroatoms. The largest absolute Gasteiger partial charge is 0.490 e. The van der Waals surface area contributed by atoms with Crippen LogP contribution in [0, 0.1) is 0 Å². The van der Waals surface area contributed by atoms with Crippen molar-refractivity contribution in [2.75, 3.05) is 5.73 Å². The van der Waals surface area contributed by atoms with Crippen molar-refractivity contribution in [3.8, 4) is 0 Å². The molecule has 1 rings (SSSR count). The van der Waals surface area contributed by atoms with Gasteiger partial charge in [-0.1, -0.05) is 23.2 Å². The Morgan fingerprint density at radius 1 is 1.19 bits per heavy atom. The van der Waals surface area contributed by atoms with E-state index < -0.39 is 12.1 Å². The van der Waals surface area contributed by atoms with E-state index in [2.05, 4.69) is 0 Å². The second-order valence-electron chi connectivity index (χ2n) is 2.51. The SMILES string of the molecule is Nc1cc(Cl)cc(Cl)c1.O=C(O)C(F)(F)F. The predicted octanol–water partition coefficient (Wildman–Crippen LogP) is 3.21. The number of nitrogen functional groups attached to an aromatic ring is 1. The molecule has 0 bridgehead atoms. The van der Waals surface area contributed by atoms with Crippen LogP contribution >= 0.6 is 23.2 Å². The van der Waals surface area contributed by atoms with Crippen molar-refractivity contribution in [2.24, 2.45) is 0 Å². The summed E-state index contributed by atoms with van der Waals surface area (Å²) in [5, 5.41) is 8.26. The van der Waals surface area contributed by atoms with Gasteiger partial charge in [0.05, 0.1) is 0 Å². The molecule has 0 aromatic heterocycles. The number of carboxylic acids is 1. The lowest BCUT2D eigenvalue weighted by Gasteiger charge is -1.93. The Bertz CT molecular complexity index is 332. The quantitative estimate of drug-likeness (QED) is 0.715. The number of rotatable bonds is 0. The molecule has 0 unspecified atom stereocenters. The summed E-state index contributed by atoms with van der Waals surface area (Å²) < 4.78 is 31.7. The molecular formula is C8H6Cl2F3NO2. The molecular weight excluding hydrogens is 270 g/mol. The van der Waals surface area contributed by atoms with Gasteiger partial charge < -0.3 is 10.8 Å². The predicted molar refractivity (Wildman–Crippen MR) is 54.6 cm³/mol. The second-order valence-corrected chi connectivity index (χ2v) is 3.38. The molecule has 0 aliphatic carbocycles.